The van der Waals surface area contributed by atoms with E-state index in [1.807, 2.05) is 5.43 Å². The predicted molar refractivity (Wildman–Crippen MR) is 50.3 cm³/mol. The van der Waals surface area contributed by atoms with Crippen LogP contribution in [-0.4, -0.2) is 15.7 Å². The number of aromatic nitrogens is 2. The molecular weight excluding hydrogens is 184 g/mol. The Morgan fingerprint density at radius 3 is 2.86 bits per heavy atom. The molecule has 76 valence electrons. The van der Waals surface area contributed by atoms with E-state index in [-0.39, 0.29) is 12.1 Å². The molecule has 1 aromatic rings. The molecule has 6 heteroatoms. The van der Waals surface area contributed by atoms with Crippen molar-refractivity contribution in [3.05, 3.63) is 27.7 Å². The summed E-state index contributed by atoms with van der Waals surface area (Å²) in [4.78, 5) is 22.2. The summed E-state index contributed by atoms with van der Waals surface area (Å²) in [5, 5.41) is 3.95. The van der Waals surface area contributed by atoms with Crippen molar-refractivity contribution in [3.63, 3.8) is 0 Å². The van der Waals surface area contributed by atoms with Gasteiger partial charge in [0.15, 0.2) is 0 Å². The van der Waals surface area contributed by atoms with Crippen LogP contribution in [0.15, 0.2) is 10.9 Å². The lowest BCUT2D eigenvalue weighted by Gasteiger charge is -2.05. The fourth-order valence-electron chi connectivity index (χ4n) is 0.968. The van der Waals surface area contributed by atoms with Gasteiger partial charge in [0.05, 0.1) is 5.69 Å². The van der Waals surface area contributed by atoms with E-state index in [1.54, 1.807) is 13.8 Å². The van der Waals surface area contributed by atoms with Crippen molar-refractivity contribution in [2.45, 2.75) is 20.4 Å². The molecule has 0 saturated heterocycles. The van der Waals surface area contributed by atoms with Crippen LogP contribution in [0, 0.1) is 13.8 Å². The van der Waals surface area contributed by atoms with Crippen LogP contribution in [0.5, 0.6) is 0 Å². The van der Waals surface area contributed by atoms with Gasteiger partial charge in [0.1, 0.15) is 6.54 Å². The number of carbonyl (C=O) groups is 1. The first-order valence-corrected chi connectivity index (χ1v) is 4.09. The summed E-state index contributed by atoms with van der Waals surface area (Å²) in [6.45, 7) is 3.40. The van der Waals surface area contributed by atoms with Crippen molar-refractivity contribution in [2.75, 3.05) is 0 Å². The Hall–Kier alpha value is -1.69. The van der Waals surface area contributed by atoms with Crippen molar-refractivity contribution < 1.29 is 4.79 Å². The Kier molecular flexibility index (Phi) is 2.98. The Bertz CT molecular complexity index is 410. The number of amides is 1. The Morgan fingerprint density at radius 1 is 1.64 bits per heavy atom. The highest BCUT2D eigenvalue weighted by molar-refractivity contribution is 5.74. The lowest BCUT2D eigenvalue weighted by molar-refractivity contribution is -0.122. The van der Waals surface area contributed by atoms with E-state index in [0.29, 0.717) is 0 Å². The van der Waals surface area contributed by atoms with E-state index in [9.17, 15) is 9.59 Å². The molecule has 0 aliphatic rings. The van der Waals surface area contributed by atoms with Gasteiger partial charge in [-0.1, -0.05) is 0 Å². The van der Waals surface area contributed by atoms with Gasteiger partial charge in [0, 0.05) is 6.07 Å². The summed E-state index contributed by atoms with van der Waals surface area (Å²) in [6.07, 6.45) is 0. The Morgan fingerprint density at radius 2 is 2.29 bits per heavy atom. The minimum atomic E-state index is -0.456. The average Bonchev–Trinajstić information content (AvgIpc) is 2.14. The molecule has 0 unspecified atom stereocenters. The first-order valence-electron chi connectivity index (χ1n) is 4.09. The van der Waals surface area contributed by atoms with Gasteiger partial charge in [-0.25, -0.2) is 10.5 Å². The normalized spacial score (nSPS) is 9.93. The number of hydrogen-bond acceptors (Lipinski definition) is 4. The second-order valence-corrected chi connectivity index (χ2v) is 2.98. The van der Waals surface area contributed by atoms with E-state index in [2.05, 4.69) is 5.10 Å². The summed E-state index contributed by atoms with van der Waals surface area (Å²) >= 11 is 0. The zero-order valence-corrected chi connectivity index (χ0v) is 8.07. The molecule has 1 rings (SSSR count). The first kappa shape index (κ1) is 10.4. The fourth-order valence-corrected chi connectivity index (χ4v) is 0.968. The summed E-state index contributed by atoms with van der Waals surface area (Å²) in [5.41, 5.74) is 3.15. The van der Waals surface area contributed by atoms with Gasteiger partial charge in [-0.15, -0.1) is 0 Å². The summed E-state index contributed by atoms with van der Waals surface area (Å²) in [7, 11) is 0. The van der Waals surface area contributed by atoms with Gasteiger partial charge in [-0.05, 0) is 19.4 Å². The maximum absolute atomic E-state index is 11.3. The zero-order chi connectivity index (χ0) is 10.7. The van der Waals surface area contributed by atoms with Crippen molar-refractivity contribution in [1.29, 1.82) is 0 Å². The van der Waals surface area contributed by atoms with E-state index < -0.39 is 5.91 Å². The lowest BCUT2D eigenvalue weighted by Crippen LogP contribution is -2.37. The maximum Gasteiger partial charge on any atom is 0.267 e. The topological polar surface area (TPSA) is 90.0 Å². The summed E-state index contributed by atoms with van der Waals surface area (Å²) in [6, 6.07) is 1.44. The second-order valence-electron chi connectivity index (χ2n) is 2.98. The Balaban J connectivity index is 3.04. The van der Waals surface area contributed by atoms with E-state index in [1.165, 1.54) is 6.07 Å². The van der Waals surface area contributed by atoms with Crippen LogP contribution < -0.4 is 16.8 Å². The van der Waals surface area contributed by atoms with Gasteiger partial charge in [0.25, 0.3) is 11.5 Å². The van der Waals surface area contributed by atoms with Crippen LogP contribution >= 0.6 is 0 Å². The average molecular weight is 196 g/mol. The predicted octanol–water partition coefficient (Wildman–Crippen LogP) is -1.15. The van der Waals surface area contributed by atoms with Crippen LogP contribution in [0.1, 0.15) is 11.3 Å². The number of hydrazine groups is 1. The van der Waals surface area contributed by atoms with Crippen molar-refractivity contribution in [3.8, 4) is 0 Å². The molecule has 0 atom stereocenters. The lowest BCUT2D eigenvalue weighted by atomic mass is 10.2. The van der Waals surface area contributed by atoms with E-state index >= 15 is 0 Å². The molecule has 0 aliphatic heterocycles. The monoisotopic (exact) mass is 196 g/mol. The highest BCUT2D eigenvalue weighted by Gasteiger charge is 2.05. The zero-order valence-electron chi connectivity index (χ0n) is 8.07. The molecule has 14 heavy (non-hydrogen) atoms. The third-order valence-electron chi connectivity index (χ3n) is 1.89. The van der Waals surface area contributed by atoms with E-state index in [4.69, 9.17) is 5.84 Å². The Labute approximate surface area is 80.7 Å². The third kappa shape index (κ3) is 2.17. The smallest absolute Gasteiger partial charge is 0.267 e. The molecule has 0 fully saturated rings. The number of carbonyl (C=O) groups excluding carboxylic acids is 1. The first-order chi connectivity index (χ1) is 6.54. The molecule has 6 nitrogen and oxygen atoms in total. The maximum atomic E-state index is 11.3. The molecule has 1 amide bonds. The summed E-state index contributed by atoms with van der Waals surface area (Å²) in [5.74, 6) is 4.44. The third-order valence-corrected chi connectivity index (χ3v) is 1.89. The van der Waals surface area contributed by atoms with Gasteiger partial charge in [-0.3, -0.25) is 15.0 Å². The van der Waals surface area contributed by atoms with Crippen LogP contribution in [-0.2, 0) is 11.3 Å². The second kappa shape index (κ2) is 4.01. The van der Waals surface area contributed by atoms with Gasteiger partial charge in [0.2, 0.25) is 0 Å². The van der Waals surface area contributed by atoms with E-state index in [0.717, 1.165) is 15.9 Å². The minimum absolute atomic E-state index is 0.156. The number of rotatable bonds is 2. The highest BCUT2D eigenvalue weighted by atomic mass is 16.2. The number of aryl methyl sites for hydroxylation is 2. The molecule has 1 heterocycles. The standard InChI is InChI=1S/C8H12N4O2/c1-5-3-8(14)12(11-6(5)2)4-7(13)10-9/h3H,4,9H2,1-2H3,(H,10,13). The molecule has 0 bridgehead atoms. The molecule has 1 aromatic heterocycles. The molecular formula is C8H12N4O2. The van der Waals surface area contributed by atoms with Crippen molar-refractivity contribution >= 4 is 5.91 Å². The van der Waals surface area contributed by atoms with Crippen LogP contribution in [0.4, 0.5) is 0 Å². The number of nitrogens with two attached hydrogens (primary N) is 1. The van der Waals surface area contributed by atoms with Gasteiger partial charge < -0.3 is 0 Å². The van der Waals surface area contributed by atoms with Gasteiger partial charge >= 0.3 is 0 Å². The van der Waals surface area contributed by atoms with Crippen molar-refractivity contribution in [2.24, 2.45) is 5.84 Å². The van der Waals surface area contributed by atoms with Gasteiger partial charge in [-0.2, -0.15) is 5.10 Å². The molecule has 0 saturated carbocycles. The number of nitrogens with zero attached hydrogens (tertiary/aromatic N) is 2. The SMILES string of the molecule is Cc1cc(=O)n(CC(=O)NN)nc1C. The van der Waals surface area contributed by atoms with Crippen LogP contribution in [0.25, 0.3) is 0 Å². The number of nitrogens with one attached hydrogen (secondary N) is 1. The quantitative estimate of drug-likeness (QED) is 0.355. The molecule has 0 spiro atoms. The molecule has 0 aliphatic carbocycles. The molecule has 0 radical (unpaired) electrons. The highest BCUT2D eigenvalue weighted by Crippen LogP contribution is 1.96. The van der Waals surface area contributed by atoms with Crippen molar-refractivity contribution in [1.82, 2.24) is 15.2 Å². The largest absolute Gasteiger partial charge is 0.293 e. The number of hydrogen-bond donors (Lipinski definition) is 2. The van der Waals surface area contributed by atoms with Crippen LogP contribution in [0.2, 0.25) is 0 Å². The fraction of sp³-hybridized carbons (Fsp3) is 0.375. The van der Waals surface area contributed by atoms with Crippen LogP contribution in [0.3, 0.4) is 0 Å². The molecule has 3 N–H and O–H groups in total. The molecule has 0 aromatic carbocycles. The minimum Gasteiger partial charge on any atom is -0.293 e. The summed E-state index contributed by atoms with van der Waals surface area (Å²) < 4.78 is 1.07.